The van der Waals surface area contributed by atoms with Crippen molar-refractivity contribution in [1.29, 1.82) is 0 Å². The van der Waals surface area contributed by atoms with Gasteiger partial charge in [-0.2, -0.15) is 0 Å². The fraction of sp³-hybridized carbons (Fsp3) is 0.167. The first-order chi connectivity index (χ1) is 8.99. The topological polar surface area (TPSA) is 46.2 Å². The van der Waals surface area contributed by atoms with Crippen LogP contribution in [0.4, 0.5) is 0 Å². The Bertz CT molecular complexity index is 654. The van der Waals surface area contributed by atoms with Crippen LogP contribution in [-0.2, 0) is 16.4 Å². The van der Waals surface area contributed by atoms with Gasteiger partial charge >= 0.3 is 0 Å². The quantitative estimate of drug-likeness (QED) is 0.793. The SMILES string of the molecule is O=S(=O)(NCCc1cccs1)c1ccc(Br)cc1Br. The second kappa shape index (κ2) is 6.49. The Kier molecular flexibility index (Phi) is 5.19. The van der Waals surface area contributed by atoms with Crippen LogP contribution >= 0.6 is 43.2 Å². The highest BCUT2D eigenvalue weighted by Crippen LogP contribution is 2.25. The molecule has 0 aliphatic carbocycles. The molecule has 0 saturated carbocycles. The maximum Gasteiger partial charge on any atom is 0.241 e. The van der Waals surface area contributed by atoms with Gasteiger partial charge in [0.25, 0.3) is 0 Å². The first-order valence-corrected chi connectivity index (χ1v) is 9.41. The number of sulfonamides is 1. The second-order valence-corrected chi connectivity index (χ2v) is 8.34. The Morgan fingerprint density at radius 2 is 2.00 bits per heavy atom. The molecule has 0 unspecified atom stereocenters. The number of nitrogens with one attached hydrogen (secondary N) is 1. The highest BCUT2D eigenvalue weighted by Gasteiger charge is 2.17. The minimum absolute atomic E-state index is 0.252. The Balaban J connectivity index is 2.05. The maximum atomic E-state index is 12.1. The Hall–Kier alpha value is -0.210. The lowest BCUT2D eigenvalue weighted by molar-refractivity contribution is 0.581. The van der Waals surface area contributed by atoms with E-state index in [0.717, 1.165) is 9.35 Å². The minimum Gasteiger partial charge on any atom is -0.211 e. The van der Waals surface area contributed by atoms with Crippen LogP contribution in [0.1, 0.15) is 4.88 Å². The molecule has 0 aliphatic rings. The van der Waals surface area contributed by atoms with Gasteiger partial charge in [-0.1, -0.05) is 22.0 Å². The van der Waals surface area contributed by atoms with Gasteiger partial charge in [-0.25, -0.2) is 13.1 Å². The van der Waals surface area contributed by atoms with E-state index in [1.165, 1.54) is 0 Å². The zero-order valence-corrected chi connectivity index (χ0v) is 14.6. The van der Waals surface area contributed by atoms with Crippen LogP contribution < -0.4 is 4.72 Å². The number of halogens is 2. The van der Waals surface area contributed by atoms with E-state index in [4.69, 9.17) is 0 Å². The summed E-state index contributed by atoms with van der Waals surface area (Å²) in [7, 11) is -3.47. The van der Waals surface area contributed by atoms with Gasteiger partial charge in [0, 0.05) is 20.4 Å². The molecule has 1 N–H and O–H groups in total. The van der Waals surface area contributed by atoms with Crippen molar-refractivity contribution in [2.24, 2.45) is 0 Å². The molecule has 2 rings (SSSR count). The van der Waals surface area contributed by atoms with Crippen molar-refractivity contribution >= 4 is 53.2 Å². The summed E-state index contributed by atoms with van der Waals surface area (Å²) >= 11 is 8.19. The Morgan fingerprint density at radius 1 is 1.21 bits per heavy atom. The second-order valence-electron chi connectivity index (χ2n) is 3.80. The van der Waals surface area contributed by atoms with Gasteiger partial charge in [0.2, 0.25) is 10.0 Å². The summed E-state index contributed by atoms with van der Waals surface area (Å²) in [5.74, 6) is 0. The molecule has 19 heavy (non-hydrogen) atoms. The van der Waals surface area contributed by atoms with Crippen molar-refractivity contribution in [1.82, 2.24) is 4.72 Å². The predicted molar refractivity (Wildman–Crippen MR) is 85.1 cm³/mol. The molecule has 1 aromatic carbocycles. The number of hydrogen-bond acceptors (Lipinski definition) is 3. The van der Waals surface area contributed by atoms with Crippen LogP contribution in [-0.4, -0.2) is 15.0 Å². The van der Waals surface area contributed by atoms with Crippen molar-refractivity contribution in [2.45, 2.75) is 11.3 Å². The highest BCUT2D eigenvalue weighted by atomic mass is 79.9. The zero-order valence-electron chi connectivity index (χ0n) is 9.77. The van der Waals surface area contributed by atoms with E-state index in [0.29, 0.717) is 17.4 Å². The lowest BCUT2D eigenvalue weighted by Gasteiger charge is -2.08. The van der Waals surface area contributed by atoms with Gasteiger partial charge in [0.1, 0.15) is 0 Å². The largest absolute Gasteiger partial charge is 0.241 e. The molecule has 0 radical (unpaired) electrons. The van der Waals surface area contributed by atoms with E-state index in [2.05, 4.69) is 36.6 Å². The maximum absolute atomic E-state index is 12.1. The van der Waals surface area contributed by atoms with Gasteiger partial charge in [-0.05, 0) is 52.0 Å². The highest BCUT2D eigenvalue weighted by molar-refractivity contribution is 9.11. The van der Waals surface area contributed by atoms with E-state index < -0.39 is 10.0 Å². The van der Waals surface area contributed by atoms with Gasteiger partial charge in [-0.15, -0.1) is 11.3 Å². The molecule has 0 bridgehead atoms. The van der Waals surface area contributed by atoms with E-state index in [-0.39, 0.29) is 4.90 Å². The summed E-state index contributed by atoms with van der Waals surface area (Å²) in [5, 5.41) is 1.98. The molecular weight excluding hydrogens is 414 g/mol. The van der Waals surface area contributed by atoms with Crippen LogP contribution in [0.5, 0.6) is 0 Å². The number of rotatable bonds is 5. The third kappa shape index (κ3) is 4.13. The van der Waals surface area contributed by atoms with Gasteiger partial charge in [0.05, 0.1) is 4.90 Å². The van der Waals surface area contributed by atoms with Gasteiger partial charge < -0.3 is 0 Å². The van der Waals surface area contributed by atoms with Crippen molar-refractivity contribution < 1.29 is 8.42 Å². The van der Waals surface area contributed by atoms with E-state index in [1.54, 1.807) is 29.5 Å². The summed E-state index contributed by atoms with van der Waals surface area (Å²) in [4.78, 5) is 1.42. The molecule has 0 aliphatic heterocycles. The molecule has 0 atom stereocenters. The summed E-state index contributed by atoms with van der Waals surface area (Å²) in [6.07, 6.45) is 0.699. The van der Waals surface area contributed by atoms with Crippen LogP contribution in [0.25, 0.3) is 0 Å². The zero-order chi connectivity index (χ0) is 13.9. The average molecular weight is 425 g/mol. The molecule has 3 nitrogen and oxygen atoms in total. The molecule has 1 heterocycles. The fourth-order valence-corrected chi connectivity index (χ4v) is 5.02. The smallest absolute Gasteiger partial charge is 0.211 e. The molecule has 0 fully saturated rings. The van der Waals surface area contributed by atoms with E-state index in [9.17, 15) is 8.42 Å². The lowest BCUT2D eigenvalue weighted by atomic mass is 10.3. The molecule has 0 saturated heterocycles. The summed E-state index contributed by atoms with van der Waals surface area (Å²) in [6.45, 7) is 0.394. The van der Waals surface area contributed by atoms with E-state index >= 15 is 0 Å². The van der Waals surface area contributed by atoms with Crippen LogP contribution in [0.2, 0.25) is 0 Å². The predicted octanol–water partition coefficient (Wildman–Crippen LogP) is 3.79. The molecule has 0 spiro atoms. The third-order valence-electron chi connectivity index (χ3n) is 2.43. The van der Waals surface area contributed by atoms with E-state index in [1.807, 2.05) is 17.5 Å². The standard InChI is InChI=1S/C12H11Br2NO2S2/c13-9-3-4-12(11(14)8-9)19(16,17)15-6-5-10-2-1-7-18-10/h1-4,7-8,15H,5-6H2. The minimum atomic E-state index is -3.47. The first-order valence-electron chi connectivity index (χ1n) is 5.46. The number of thiophene rings is 1. The molecule has 7 heteroatoms. The Labute approximate surface area is 133 Å². The average Bonchev–Trinajstić information content (AvgIpc) is 2.81. The summed E-state index contributed by atoms with van der Waals surface area (Å²) < 4.78 is 28.3. The normalized spacial score (nSPS) is 11.7. The lowest BCUT2D eigenvalue weighted by Crippen LogP contribution is -2.26. The first kappa shape index (κ1) is 15.2. The summed E-state index contributed by atoms with van der Waals surface area (Å²) in [5.41, 5.74) is 0. The van der Waals surface area contributed by atoms with Gasteiger partial charge in [0.15, 0.2) is 0 Å². The number of benzene rings is 1. The summed E-state index contributed by atoms with van der Waals surface area (Å²) in [6, 6.07) is 8.95. The van der Waals surface area contributed by atoms with Crippen molar-refractivity contribution in [3.8, 4) is 0 Å². The van der Waals surface area contributed by atoms with Gasteiger partial charge in [-0.3, -0.25) is 0 Å². The monoisotopic (exact) mass is 423 g/mol. The molecule has 2 aromatic rings. The van der Waals surface area contributed by atoms with Crippen molar-refractivity contribution in [3.63, 3.8) is 0 Å². The van der Waals surface area contributed by atoms with Crippen LogP contribution in [0.15, 0.2) is 49.6 Å². The Morgan fingerprint density at radius 3 is 2.63 bits per heavy atom. The van der Waals surface area contributed by atoms with Crippen LogP contribution in [0.3, 0.4) is 0 Å². The fourth-order valence-electron chi connectivity index (χ4n) is 1.53. The molecular formula is C12H11Br2NO2S2. The number of hydrogen-bond donors (Lipinski definition) is 1. The van der Waals surface area contributed by atoms with Crippen molar-refractivity contribution in [2.75, 3.05) is 6.54 Å². The van der Waals surface area contributed by atoms with Crippen molar-refractivity contribution in [3.05, 3.63) is 49.5 Å². The van der Waals surface area contributed by atoms with Crippen LogP contribution in [0, 0.1) is 0 Å². The molecule has 0 amide bonds. The molecule has 1 aromatic heterocycles. The molecule has 102 valence electrons. The third-order valence-corrected chi connectivity index (χ3v) is 6.29.